The lowest BCUT2D eigenvalue weighted by Gasteiger charge is -2.24. The fourth-order valence-corrected chi connectivity index (χ4v) is 3.20. The molecule has 0 bridgehead atoms. The van der Waals surface area contributed by atoms with Gasteiger partial charge in [-0.1, -0.05) is 37.3 Å². The zero-order valence-corrected chi connectivity index (χ0v) is 17.9. The number of methoxy groups -OCH3 is 1. The van der Waals surface area contributed by atoms with Gasteiger partial charge in [0.1, 0.15) is 5.75 Å². The van der Waals surface area contributed by atoms with Gasteiger partial charge in [0.15, 0.2) is 0 Å². The molecule has 0 aliphatic carbocycles. The maximum atomic E-state index is 12.8. The lowest BCUT2D eigenvalue weighted by atomic mass is 10.1. The molecule has 0 saturated heterocycles. The number of urea groups is 1. The summed E-state index contributed by atoms with van der Waals surface area (Å²) in [7, 11) is -1.98. The molecule has 0 aromatic heterocycles. The van der Waals surface area contributed by atoms with Crippen LogP contribution in [0.2, 0.25) is 0 Å². The van der Waals surface area contributed by atoms with Crippen molar-refractivity contribution in [3.63, 3.8) is 0 Å². The Labute approximate surface area is 172 Å². The summed E-state index contributed by atoms with van der Waals surface area (Å²) in [4.78, 5) is 14.5. The summed E-state index contributed by atoms with van der Waals surface area (Å²) in [6.07, 6.45) is 0.816. The standard InChI is InChI=1S/C21H28N2O5S/c1-4-18-8-6-7-9-20(18)22-21(24)23(14-15-27-3)16-17-10-12-19(13-11-17)28-29(25,26)5-2/h6-13H,4-5,14-16H2,1-3H3,(H,22,24). The van der Waals surface area contributed by atoms with Crippen LogP contribution in [0.4, 0.5) is 10.5 Å². The van der Waals surface area contributed by atoms with E-state index in [9.17, 15) is 13.2 Å². The van der Waals surface area contributed by atoms with E-state index in [0.29, 0.717) is 19.7 Å². The van der Waals surface area contributed by atoms with E-state index in [0.717, 1.165) is 23.2 Å². The third kappa shape index (κ3) is 7.07. The number of hydrogen-bond donors (Lipinski definition) is 1. The van der Waals surface area contributed by atoms with E-state index in [1.165, 1.54) is 6.92 Å². The first-order valence-electron chi connectivity index (χ1n) is 9.52. The van der Waals surface area contributed by atoms with Crippen molar-refractivity contribution in [2.75, 3.05) is 31.3 Å². The minimum absolute atomic E-state index is 0.0983. The van der Waals surface area contributed by atoms with Crippen molar-refractivity contribution >= 4 is 21.8 Å². The van der Waals surface area contributed by atoms with Crippen molar-refractivity contribution in [3.8, 4) is 5.75 Å². The van der Waals surface area contributed by atoms with Gasteiger partial charge in [0, 0.05) is 25.9 Å². The molecular formula is C21H28N2O5S. The second-order valence-electron chi connectivity index (χ2n) is 6.43. The van der Waals surface area contributed by atoms with Gasteiger partial charge in [-0.25, -0.2) is 4.79 Å². The Balaban J connectivity index is 2.10. The van der Waals surface area contributed by atoms with Gasteiger partial charge in [0.25, 0.3) is 0 Å². The molecule has 8 heteroatoms. The van der Waals surface area contributed by atoms with E-state index < -0.39 is 10.1 Å². The monoisotopic (exact) mass is 420 g/mol. The number of ether oxygens (including phenoxy) is 1. The fourth-order valence-electron chi connectivity index (χ4n) is 2.68. The quantitative estimate of drug-likeness (QED) is 0.593. The van der Waals surface area contributed by atoms with E-state index >= 15 is 0 Å². The number of nitrogens with zero attached hydrogens (tertiary/aromatic N) is 1. The second-order valence-corrected chi connectivity index (χ2v) is 8.29. The van der Waals surface area contributed by atoms with E-state index in [2.05, 4.69) is 5.32 Å². The SMILES string of the molecule is CCc1ccccc1NC(=O)N(CCOC)Cc1ccc(OS(=O)(=O)CC)cc1. The zero-order chi connectivity index (χ0) is 21.3. The number of anilines is 1. The van der Waals surface area contributed by atoms with Gasteiger partial charge >= 0.3 is 16.1 Å². The summed E-state index contributed by atoms with van der Waals surface area (Å²) in [6.45, 7) is 4.73. The average Bonchev–Trinajstić information content (AvgIpc) is 2.72. The predicted molar refractivity (Wildman–Crippen MR) is 114 cm³/mol. The highest BCUT2D eigenvalue weighted by molar-refractivity contribution is 7.87. The van der Waals surface area contributed by atoms with Crippen molar-refractivity contribution in [2.24, 2.45) is 0 Å². The molecule has 1 N–H and O–H groups in total. The van der Waals surface area contributed by atoms with Crippen LogP contribution in [0.25, 0.3) is 0 Å². The predicted octanol–water partition coefficient (Wildman–Crippen LogP) is 3.66. The first-order valence-corrected chi connectivity index (χ1v) is 11.1. The molecule has 0 spiro atoms. The molecular weight excluding hydrogens is 392 g/mol. The number of aryl methyl sites for hydroxylation is 1. The second kappa shape index (κ2) is 10.8. The third-order valence-corrected chi connectivity index (χ3v) is 5.52. The van der Waals surface area contributed by atoms with Gasteiger partial charge in [-0.3, -0.25) is 0 Å². The molecule has 2 aromatic rings. The van der Waals surface area contributed by atoms with E-state index in [-0.39, 0.29) is 17.5 Å². The van der Waals surface area contributed by atoms with Crippen LogP contribution in [0, 0.1) is 0 Å². The van der Waals surface area contributed by atoms with Crippen LogP contribution in [0.15, 0.2) is 48.5 Å². The molecule has 2 rings (SSSR count). The minimum Gasteiger partial charge on any atom is -0.383 e. The Bertz CT molecular complexity index is 898. The number of benzene rings is 2. The first kappa shape index (κ1) is 22.7. The van der Waals surface area contributed by atoms with Crippen molar-refractivity contribution in [1.82, 2.24) is 4.90 Å². The largest absolute Gasteiger partial charge is 0.383 e. The Kier molecular flexibility index (Phi) is 8.48. The third-order valence-electron chi connectivity index (χ3n) is 4.37. The van der Waals surface area contributed by atoms with Crippen LogP contribution in [0.5, 0.6) is 5.75 Å². The lowest BCUT2D eigenvalue weighted by molar-refractivity contribution is 0.153. The molecule has 0 radical (unpaired) electrons. The first-order chi connectivity index (χ1) is 13.9. The number of para-hydroxylation sites is 1. The lowest BCUT2D eigenvalue weighted by Crippen LogP contribution is -2.37. The maximum Gasteiger partial charge on any atom is 0.322 e. The minimum atomic E-state index is -3.57. The number of rotatable bonds is 10. The fraction of sp³-hybridized carbons (Fsp3) is 0.381. The van der Waals surface area contributed by atoms with Crippen LogP contribution in [0.1, 0.15) is 25.0 Å². The van der Waals surface area contributed by atoms with Gasteiger partial charge in [-0.2, -0.15) is 8.42 Å². The average molecular weight is 421 g/mol. The van der Waals surface area contributed by atoms with Gasteiger partial charge < -0.3 is 19.1 Å². The highest BCUT2D eigenvalue weighted by Crippen LogP contribution is 2.18. The molecule has 2 amide bonds. The Morgan fingerprint density at radius 2 is 1.76 bits per heavy atom. The number of carbonyl (C=O) groups is 1. The van der Waals surface area contributed by atoms with Gasteiger partial charge in [-0.05, 0) is 42.7 Å². The van der Waals surface area contributed by atoms with Crippen molar-refractivity contribution in [2.45, 2.75) is 26.8 Å². The van der Waals surface area contributed by atoms with E-state index in [4.69, 9.17) is 8.92 Å². The molecule has 0 fully saturated rings. The number of hydrogen-bond acceptors (Lipinski definition) is 5. The van der Waals surface area contributed by atoms with E-state index in [1.54, 1.807) is 36.3 Å². The molecule has 0 atom stereocenters. The maximum absolute atomic E-state index is 12.8. The molecule has 2 aromatic carbocycles. The summed E-state index contributed by atoms with van der Waals surface area (Å²) in [6, 6.07) is 14.1. The number of amides is 2. The summed E-state index contributed by atoms with van der Waals surface area (Å²) in [5, 5.41) is 2.97. The highest BCUT2D eigenvalue weighted by Gasteiger charge is 2.16. The van der Waals surface area contributed by atoms with Gasteiger partial charge in [0.05, 0.1) is 12.4 Å². The molecule has 158 valence electrons. The molecule has 0 saturated carbocycles. The van der Waals surface area contributed by atoms with Crippen LogP contribution in [0.3, 0.4) is 0 Å². The molecule has 0 aliphatic heterocycles. The van der Waals surface area contributed by atoms with E-state index in [1.807, 2.05) is 31.2 Å². The van der Waals surface area contributed by atoms with Crippen molar-refractivity contribution in [1.29, 1.82) is 0 Å². The number of nitrogens with one attached hydrogen (secondary N) is 1. The summed E-state index contributed by atoms with van der Waals surface area (Å²) in [5.74, 6) is 0.152. The Morgan fingerprint density at radius 3 is 2.38 bits per heavy atom. The summed E-state index contributed by atoms with van der Waals surface area (Å²) < 4.78 is 33.3. The van der Waals surface area contributed by atoms with Gasteiger partial charge in [-0.15, -0.1) is 0 Å². The molecule has 7 nitrogen and oxygen atoms in total. The van der Waals surface area contributed by atoms with Crippen molar-refractivity contribution < 1.29 is 22.1 Å². The highest BCUT2D eigenvalue weighted by atomic mass is 32.2. The summed E-state index contributed by atoms with van der Waals surface area (Å²) >= 11 is 0. The zero-order valence-electron chi connectivity index (χ0n) is 17.1. The number of carbonyl (C=O) groups excluding carboxylic acids is 1. The summed E-state index contributed by atoms with van der Waals surface area (Å²) in [5.41, 5.74) is 2.70. The smallest absolute Gasteiger partial charge is 0.322 e. The Morgan fingerprint density at radius 1 is 1.07 bits per heavy atom. The van der Waals surface area contributed by atoms with Crippen molar-refractivity contribution in [3.05, 3.63) is 59.7 Å². The van der Waals surface area contributed by atoms with Crippen LogP contribution >= 0.6 is 0 Å². The topological polar surface area (TPSA) is 84.9 Å². The Hall–Kier alpha value is -2.58. The molecule has 0 unspecified atom stereocenters. The van der Waals surface area contributed by atoms with Gasteiger partial charge in [0.2, 0.25) is 0 Å². The van der Waals surface area contributed by atoms with Crippen LogP contribution in [-0.4, -0.2) is 45.4 Å². The molecule has 0 heterocycles. The molecule has 29 heavy (non-hydrogen) atoms. The normalized spacial score (nSPS) is 11.1. The van der Waals surface area contributed by atoms with Crippen LogP contribution < -0.4 is 9.50 Å². The molecule has 0 aliphatic rings. The van der Waals surface area contributed by atoms with Crippen LogP contribution in [-0.2, 0) is 27.8 Å².